The van der Waals surface area contributed by atoms with Gasteiger partial charge in [0.2, 0.25) is 0 Å². The van der Waals surface area contributed by atoms with Crippen LogP contribution < -0.4 is 5.73 Å². The van der Waals surface area contributed by atoms with Crippen LogP contribution in [-0.2, 0) is 5.41 Å². The van der Waals surface area contributed by atoms with E-state index in [1.807, 2.05) is 6.07 Å². The van der Waals surface area contributed by atoms with Gasteiger partial charge in [0.05, 0.1) is 0 Å². The topological polar surface area (TPSA) is 26.0 Å². The molecule has 0 unspecified atom stereocenters. The molecule has 28 heavy (non-hydrogen) atoms. The summed E-state index contributed by atoms with van der Waals surface area (Å²) in [5.41, 5.74) is 17.4. The van der Waals surface area contributed by atoms with Gasteiger partial charge in [0.25, 0.3) is 0 Å². The van der Waals surface area contributed by atoms with E-state index in [1.54, 1.807) is 0 Å². The molecule has 1 aliphatic carbocycles. The molecule has 0 atom stereocenters. The van der Waals surface area contributed by atoms with E-state index >= 15 is 0 Å². The first-order chi connectivity index (χ1) is 13.6. The fraction of sp³-hybridized carbons (Fsp3) is 0.111. The van der Waals surface area contributed by atoms with Crippen LogP contribution in [0.15, 0.2) is 91.0 Å². The summed E-state index contributed by atoms with van der Waals surface area (Å²) in [6, 6.07) is 32.2. The summed E-state index contributed by atoms with van der Waals surface area (Å²) < 4.78 is 0. The fourth-order valence-electron chi connectivity index (χ4n) is 4.57. The van der Waals surface area contributed by atoms with Crippen LogP contribution in [0, 0.1) is 0 Å². The third-order valence-electron chi connectivity index (χ3n) is 6.04. The van der Waals surface area contributed by atoms with Crippen molar-refractivity contribution < 1.29 is 0 Å². The van der Waals surface area contributed by atoms with E-state index < -0.39 is 0 Å². The van der Waals surface area contributed by atoms with Gasteiger partial charge in [-0.2, -0.15) is 0 Å². The van der Waals surface area contributed by atoms with Crippen molar-refractivity contribution >= 4 is 5.69 Å². The molecule has 136 valence electrons. The molecule has 0 saturated heterocycles. The summed E-state index contributed by atoms with van der Waals surface area (Å²) in [6.45, 7) is 4.60. The lowest BCUT2D eigenvalue weighted by Crippen LogP contribution is -2.15. The summed E-state index contributed by atoms with van der Waals surface area (Å²) in [4.78, 5) is 0. The minimum Gasteiger partial charge on any atom is -0.398 e. The molecule has 2 N–H and O–H groups in total. The quantitative estimate of drug-likeness (QED) is 0.386. The maximum atomic E-state index is 6.53. The normalized spacial score (nSPS) is 13.8. The molecule has 4 aromatic rings. The molecule has 0 saturated carbocycles. The van der Waals surface area contributed by atoms with Crippen LogP contribution in [0.4, 0.5) is 5.69 Å². The zero-order valence-corrected chi connectivity index (χ0v) is 16.2. The number of hydrogen-bond acceptors (Lipinski definition) is 1. The highest BCUT2D eigenvalue weighted by Gasteiger charge is 2.37. The first kappa shape index (κ1) is 16.8. The number of nitrogens with two attached hydrogens (primary N) is 1. The van der Waals surface area contributed by atoms with Gasteiger partial charge in [0.15, 0.2) is 0 Å². The Labute approximate surface area is 166 Å². The largest absolute Gasteiger partial charge is 0.398 e. The van der Waals surface area contributed by atoms with Crippen LogP contribution in [0.1, 0.15) is 25.0 Å². The molecule has 0 bridgehead atoms. The standard InChI is InChI=1S/C27H23N/c1-27(2)23-15-9-14-20(18-10-5-3-6-11-18)26(23)22-16-21(25(28)17-24(22)27)19-12-7-4-8-13-19/h3-17H,28H2,1-2H3. The van der Waals surface area contributed by atoms with Crippen molar-refractivity contribution in [3.8, 4) is 33.4 Å². The molecule has 1 aliphatic rings. The molecule has 1 nitrogen and oxygen atoms in total. The number of benzene rings is 4. The Morgan fingerprint density at radius 3 is 1.82 bits per heavy atom. The molecule has 4 aromatic carbocycles. The van der Waals surface area contributed by atoms with E-state index in [4.69, 9.17) is 5.73 Å². The molecule has 0 amide bonds. The number of hydrogen-bond donors (Lipinski definition) is 1. The number of nitrogen functional groups attached to an aromatic ring is 1. The lowest BCUT2D eigenvalue weighted by atomic mass is 9.81. The molecule has 0 fully saturated rings. The predicted molar refractivity (Wildman–Crippen MR) is 119 cm³/mol. The van der Waals surface area contributed by atoms with Crippen molar-refractivity contribution in [1.29, 1.82) is 0 Å². The molecule has 0 heterocycles. The molecule has 5 rings (SSSR count). The van der Waals surface area contributed by atoms with E-state index in [-0.39, 0.29) is 5.41 Å². The van der Waals surface area contributed by atoms with Gasteiger partial charge in [-0.25, -0.2) is 0 Å². The van der Waals surface area contributed by atoms with Crippen molar-refractivity contribution in [3.05, 3.63) is 102 Å². The predicted octanol–water partition coefficient (Wildman–Crippen LogP) is 6.91. The molecule has 0 radical (unpaired) electrons. The first-order valence-electron chi connectivity index (χ1n) is 9.76. The van der Waals surface area contributed by atoms with E-state index in [9.17, 15) is 0 Å². The Bertz CT molecular complexity index is 1170. The smallest absolute Gasteiger partial charge is 0.0397 e. The molecule has 0 aromatic heterocycles. The summed E-state index contributed by atoms with van der Waals surface area (Å²) in [5, 5.41) is 0. The summed E-state index contributed by atoms with van der Waals surface area (Å²) in [6.07, 6.45) is 0. The third kappa shape index (κ3) is 2.40. The number of fused-ring (bicyclic) bond motifs is 3. The Balaban J connectivity index is 1.82. The Morgan fingerprint density at radius 1 is 0.571 bits per heavy atom. The van der Waals surface area contributed by atoms with Gasteiger partial charge in [-0.1, -0.05) is 92.7 Å². The van der Waals surface area contributed by atoms with E-state index in [2.05, 4.69) is 98.8 Å². The number of rotatable bonds is 2. The average Bonchev–Trinajstić information content (AvgIpc) is 2.95. The minimum atomic E-state index is -0.0706. The van der Waals surface area contributed by atoms with E-state index in [0.29, 0.717) is 0 Å². The van der Waals surface area contributed by atoms with Gasteiger partial charge in [-0.15, -0.1) is 0 Å². The summed E-state index contributed by atoms with van der Waals surface area (Å²) >= 11 is 0. The highest BCUT2D eigenvalue weighted by atomic mass is 14.6. The molecule has 0 aliphatic heterocycles. The highest BCUT2D eigenvalue weighted by Crippen LogP contribution is 2.53. The SMILES string of the molecule is CC1(C)c2cc(N)c(-c3ccccc3)cc2-c2c(-c3ccccc3)cccc21. The van der Waals surface area contributed by atoms with Crippen LogP contribution in [0.3, 0.4) is 0 Å². The van der Waals surface area contributed by atoms with Gasteiger partial charge in [-0.3, -0.25) is 0 Å². The summed E-state index contributed by atoms with van der Waals surface area (Å²) in [5.74, 6) is 0. The zero-order chi connectivity index (χ0) is 19.3. The maximum absolute atomic E-state index is 6.53. The third-order valence-corrected chi connectivity index (χ3v) is 6.04. The second kappa shape index (κ2) is 6.10. The fourth-order valence-corrected chi connectivity index (χ4v) is 4.57. The van der Waals surface area contributed by atoms with Crippen LogP contribution >= 0.6 is 0 Å². The van der Waals surface area contributed by atoms with Crippen molar-refractivity contribution in [3.63, 3.8) is 0 Å². The molecule has 0 spiro atoms. The van der Waals surface area contributed by atoms with Gasteiger partial charge >= 0.3 is 0 Å². The first-order valence-corrected chi connectivity index (χ1v) is 9.76. The van der Waals surface area contributed by atoms with Crippen molar-refractivity contribution in [1.82, 2.24) is 0 Å². The molecular formula is C27H23N. The monoisotopic (exact) mass is 361 g/mol. The van der Waals surface area contributed by atoms with Crippen molar-refractivity contribution in [2.75, 3.05) is 5.73 Å². The van der Waals surface area contributed by atoms with Gasteiger partial charge in [0, 0.05) is 16.7 Å². The van der Waals surface area contributed by atoms with Gasteiger partial charge < -0.3 is 5.73 Å². The van der Waals surface area contributed by atoms with E-state index in [0.717, 1.165) is 16.8 Å². The minimum absolute atomic E-state index is 0.0706. The van der Waals surface area contributed by atoms with Gasteiger partial charge in [0.1, 0.15) is 0 Å². The van der Waals surface area contributed by atoms with Crippen LogP contribution in [0.5, 0.6) is 0 Å². The second-order valence-corrected chi connectivity index (χ2v) is 8.07. The number of anilines is 1. The Morgan fingerprint density at radius 2 is 1.18 bits per heavy atom. The zero-order valence-electron chi connectivity index (χ0n) is 16.2. The van der Waals surface area contributed by atoms with Crippen LogP contribution in [0.25, 0.3) is 33.4 Å². The van der Waals surface area contributed by atoms with Crippen LogP contribution in [0.2, 0.25) is 0 Å². The molecular weight excluding hydrogens is 338 g/mol. The average molecular weight is 361 g/mol. The Hall–Kier alpha value is -3.32. The lowest BCUT2D eigenvalue weighted by molar-refractivity contribution is 0.661. The van der Waals surface area contributed by atoms with Crippen molar-refractivity contribution in [2.24, 2.45) is 0 Å². The summed E-state index contributed by atoms with van der Waals surface area (Å²) in [7, 11) is 0. The van der Waals surface area contributed by atoms with Crippen molar-refractivity contribution in [2.45, 2.75) is 19.3 Å². The van der Waals surface area contributed by atoms with Crippen LogP contribution in [-0.4, -0.2) is 0 Å². The van der Waals surface area contributed by atoms with Gasteiger partial charge in [-0.05, 0) is 51.1 Å². The lowest BCUT2D eigenvalue weighted by Gasteiger charge is -2.22. The van der Waals surface area contributed by atoms with E-state index in [1.165, 1.54) is 33.4 Å². The Kier molecular flexibility index (Phi) is 3.67. The second-order valence-electron chi connectivity index (χ2n) is 8.07. The molecule has 1 heteroatoms. The highest BCUT2D eigenvalue weighted by molar-refractivity contribution is 5.96. The maximum Gasteiger partial charge on any atom is 0.0397 e.